The number of halogens is 1. The van der Waals surface area contributed by atoms with Crippen LogP contribution >= 0.6 is 0 Å². The maximum absolute atomic E-state index is 13.0. The number of unbranched alkanes of at least 4 members (excludes halogenated alkanes) is 1. The number of rotatable bonds is 8. The maximum atomic E-state index is 13.0. The minimum Gasteiger partial charge on any atom is -0.497 e. The first-order chi connectivity index (χ1) is 11.6. The van der Waals surface area contributed by atoms with E-state index in [9.17, 15) is 9.18 Å². The van der Waals surface area contributed by atoms with E-state index in [-0.39, 0.29) is 17.8 Å². The normalized spacial score (nSPS) is 11.8. The average Bonchev–Trinajstić information content (AvgIpc) is 2.60. The van der Waals surface area contributed by atoms with Crippen LogP contribution in [0.5, 0.6) is 5.75 Å². The smallest absolute Gasteiger partial charge is 0.251 e. The number of hydrogen-bond acceptors (Lipinski definition) is 2. The molecule has 24 heavy (non-hydrogen) atoms. The molecule has 0 fully saturated rings. The number of ether oxygens (including phenoxy) is 1. The summed E-state index contributed by atoms with van der Waals surface area (Å²) in [5, 5.41) is 3.07. The maximum Gasteiger partial charge on any atom is 0.251 e. The molecule has 0 heterocycles. The highest BCUT2D eigenvalue weighted by Gasteiger charge is 2.14. The van der Waals surface area contributed by atoms with Gasteiger partial charge in [-0.1, -0.05) is 31.9 Å². The van der Waals surface area contributed by atoms with Gasteiger partial charge in [-0.25, -0.2) is 4.39 Å². The summed E-state index contributed by atoms with van der Waals surface area (Å²) >= 11 is 0. The van der Waals surface area contributed by atoms with Gasteiger partial charge in [0.2, 0.25) is 0 Å². The summed E-state index contributed by atoms with van der Waals surface area (Å²) in [6.45, 7) is 2.13. The number of carbonyl (C=O) groups is 1. The molecule has 3 nitrogen and oxygen atoms in total. The van der Waals surface area contributed by atoms with Gasteiger partial charge in [0.25, 0.3) is 5.91 Å². The molecular formula is C20H24FNO2. The minimum atomic E-state index is -0.342. The average molecular weight is 329 g/mol. The number of nitrogens with one attached hydrogen (secondary N) is 1. The molecule has 0 aromatic heterocycles. The summed E-state index contributed by atoms with van der Waals surface area (Å²) in [5.74, 6) is 0.302. The summed E-state index contributed by atoms with van der Waals surface area (Å²) < 4.78 is 18.3. The molecule has 4 heteroatoms. The first-order valence-corrected chi connectivity index (χ1v) is 8.31. The molecule has 1 atom stereocenters. The molecule has 0 radical (unpaired) electrons. The van der Waals surface area contributed by atoms with Crippen molar-refractivity contribution < 1.29 is 13.9 Å². The Labute approximate surface area is 142 Å². The molecule has 2 aromatic carbocycles. The van der Waals surface area contributed by atoms with Crippen LogP contribution in [0.15, 0.2) is 48.5 Å². The van der Waals surface area contributed by atoms with Crippen molar-refractivity contribution >= 4 is 5.91 Å². The Balaban J connectivity index is 2.06. The Bertz CT molecular complexity index is 655. The van der Waals surface area contributed by atoms with E-state index in [4.69, 9.17) is 4.74 Å². The van der Waals surface area contributed by atoms with Crippen molar-refractivity contribution in [3.8, 4) is 5.75 Å². The van der Waals surface area contributed by atoms with Crippen LogP contribution in [-0.2, 0) is 6.42 Å². The van der Waals surface area contributed by atoms with Crippen LogP contribution in [0.25, 0.3) is 0 Å². The monoisotopic (exact) mass is 329 g/mol. The lowest BCUT2D eigenvalue weighted by molar-refractivity contribution is 0.0934. The first-order valence-electron chi connectivity index (χ1n) is 8.31. The Morgan fingerprint density at radius 1 is 1.21 bits per heavy atom. The fraction of sp³-hybridized carbons (Fsp3) is 0.350. The van der Waals surface area contributed by atoms with Crippen molar-refractivity contribution in [1.82, 2.24) is 5.32 Å². The largest absolute Gasteiger partial charge is 0.497 e. The van der Waals surface area contributed by atoms with Gasteiger partial charge in [0.1, 0.15) is 11.6 Å². The molecule has 0 unspecified atom stereocenters. The van der Waals surface area contributed by atoms with Crippen LogP contribution in [-0.4, -0.2) is 19.1 Å². The summed E-state index contributed by atoms with van der Waals surface area (Å²) in [4.78, 5) is 12.4. The molecule has 0 spiro atoms. The SMILES string of the molecule is CCCC[C@@H](Cc1cccc(OC)c1)NC(=O)c1ccc(F)cc1. The van der Waals surface area contributed by atoms with E-state index < -0.39 is 0 Å². The third kappa shape index (κ3) is 5.37. The van der Waals surface area contributed by atoms with E-state index in [0.29, 0.717) is 5.56 Å². The van der Waals surface area contributed by atoms with Gasteiger partial charge in [-0.05, 0) is 54.8 Å². The van der Waals surface area contributed by atoms with Crippen molar-refractivity contribution in [1.29, 1.82) is 0 Å². The molecule has 0 saturated carbocycles. The van der Waals surface area contributed by atoms with Gasteiger partial charge < -0.3 is 10.1 Å². The highest BCUT2D eigenvalue weighted by Crippen LogP contribution is 2.16. The Morgan fingerprint density at radius 2 is 1.96 bits per heavy atom. The van der Waals surface area contributed by atoms with Crippen LogP contribution in [0.3, 0.4) is 0 Å². The second-order valence-electron chi connectivity index (χ2n) is 5.88. The predicted molar refractivity (Wildman–Crippen MR) is 93.9 cm³/mol. The van der Waals surface area contributed by atoms with E-state index in [1.54, 1.807) is 7.11 Å². The molecule has 2 aromatic rings. The third-order valence-corrected chi connectivity index (χ3v) is 3.96. The number of benzene rings is 2. The highest BCUT2D eigenvalue weighted by molar-refractivity contribution is 5.94. The Morgan fingerprint density at radius 3 is 2.62 bits per heavy atom. The van der Waals surface area contributed by atoms with E-state index >= 15 is 0 Å². The predicted octanol–water partition coefficient (Wildman–Crippen LogP) is 4.37. The summed E-state index contributed by atoms with van der Waals surface area (Å²) in [7, 11) is 1.64. The molecule has 2 rings (SSSR count). The molecule has 0 aliphatic rings. The van der Waals surface area contributed by atoms with Gasteiger partial charge in [0, 0.05) is 11.6 Å². The zero-order valence-corrected chi connectivity index (χ0v) is 14.2. The second-order valence-corrected chi connectivity index (χ2v) is 5.88. The van der Waals surface area contributed by atoms with Crippen molar-refractivity contribution in [2.75, 3.05) is 7.11 Å². The summed E-state index contributed by atoms with van der Waals surface area (Å²) in [6.07, 6.45) is 3.75. The van der Waals surface area contributed by atoms with Crippen LogP contribution < -0.4 is 10.1 Å². The zero-order chi connectivity index (χ0) is 17.4. The number of amides is 1. The van der Waals surface area contributed by atoms with Crippen molar-refractivity contribution in [3.05, 3.63) is 65.5 Å². The third-order valence-electron chi connectivity index (χ3n) is 3.96. The lowest BCUT2D eigenvalue weighted by atomic mass is 10.00. The Kier molecular flexibility index (Phi) is 6.79. The highest BCUT2D eigenvalue weighted by atomic mass is 19.1. The first kappa shape index (κ1) is 18.0. The van der Waals surface area contributed by atoms with E-state index in [0.717, 1.165) is 37.0 Å². The number of carbonyl (C=O) groups excluding carboxylic acids is 1. The van der Waals surface area contributed by atoms with Crippen LogP contribution in [0.1, 0.15) is 42.1 Å². The molecular weight excluding hydrogens is 305 g/mol. The van der Waals surface area contributed by atoms with Gasteiger partial charge >= 0.3 is 0 Å². The zero-order valence-electron chi connectivity index (χ0n) is 14.2. The van der Waals surface area contributed by atoms with Gasteiger partial charge in [-0.3, -0.25) is 4.79 Å². The number of methoxy groups -OCH3 is 1. The van der Waals surface area contributed by atoms with Gasteiger partial charge in [0.05, 0.1) is 7.11 Å². The molecule has 128 valence electrons. The van der Waals surface area contributed by atoms with E-state index in [2.05, 4.69) is 12.2 Å². The van der Waals surface area contributed by atoms with E-state index in [1.165, 1.54) is 24.3 Å². The van der Waals surface area contributed by atoms with Gasteiger partial charge in [-0.2, -0.15) is 0 Å². The molecule has 1 N–H and O–H groups in total. The lowest BCUT2D eigenvalue weighted by Crippen LogP contribution is -2.36. The molecule has 1 amide bonds. The summed E-state index contributed by atoms with van der Waals surface area (Å²) in [6, 6.07) is 13.5. The topological polar surface area (TPSA) is 38.3 Å². The number of hydrogen-bond donors (Lipinski definition) is 1. The fourth-order valence-electron chi connectivity index (χ4n) is 2.63. The van der Waals surface area contributed by atoms with Crippen LogP contribution in [0.4, 0.5) is 4.39 Å². The van der Waals surface area contributed by atoms with Gasteiger partial charge in [-0.15, -0.1) is 0 Å². The van der Waals surface area contributed by atoms with Crippen LogP contribution in [0, 0.1) is 5.82 Å². The van der Waals surface area contributed by atoms with E-state index in [1.807, 2.05) is 24.3 Å². The molecule has 0 aliphatic carbocycles. The summed E-state index contributed by atoms with van der Waals surface area (Å²) in [5.41, 5.74) is 1.60. The lowest BCUT2D eigenvalue weighted by Gasteiger charge is -2.19. The molecule has 0 bridgehead atoms. The minimum absolute atomic E-state index is 0.0367. The second kappa shape index (κ2) is 9.06. The van der Waals surface area contributed by atoms with Crippen LogP contribution in [0.2, 0.25) is 0 Å². The van der Waals surface area contributed by atoms with Crippen molar-refractivity contribution in [2.45, 2.75) is 38.6 Å². The fourth-order valence-corrected chi connectivity index (χ4v) is 2.63. The van der Waals surface area contributed by atoms with Crippen molar-refractivity contribution in [3.63, 3.8) is 0 Å². The molecule has 0 saturated heterocycles. The Hall–Kier alpha value is -2.36. The molecule has 0 aliphatic heterocycles. The van der Waals surface area contributed by atoms with Crippen molar-refractivity contribution in [2.24, 2.45) is 0 Å². The standard InChI is InChI=1S/C20H24FNO2/c1-3-4-7-18(13-15-6-5-8-19(14-15)24-2)22-20(23)16-9-11-17(21)12-10-16/h5-6,8-12,14,18H,3-4,7,13H2,1-2H3,(H,22,23)/t18-/m0/s1. The van der Waals surface area contributed by atoms with Gasteiger partial charge in [0.15, 0.2) is 0 Å². The quantitative estimate of drug-likeness (QED) is 0.781.